The van der Waals surface area contributed by atoms with Crippen molar-refractivity contribution < 1.29 is 8.42 Å². The fourth-order valence-corrected chi connectivity index (χ4v) is 4.32. The van der Waals surface area contributed by atoms with Crippen molar-refractivity contribution in [3.8, 4) is 11.3 Å². The second-order valence-corrected chi connectivity index (χ2v) is 8.33. The van der Waals surface area contributed by atoms with Gasteiger partial charge >= 0.3 is 0 Å². The van der Waals surface area contributed by atoms with Gasteiger partial charge in [-0.3, -0.25) is 9.12 Å². The van der Waals surface area contributed by atoms with Crippen molar-refractivity contribution in [2.24, 2.45) is 0 Å². The van der Waals surface area contributed by atoms with Crippen LogP contribution < -0.4 is 4.72 Å². The summed E-state index contributed by atoms with van der Waals surface area (Å²) >= 11 is 0. The van der Waals surface area contributed by atoms with Gasteiger partial charge in [-0.1, -0.05) is 42.5 Å². The Morgan fingerprint density at radius 2 is 1.66 bits per heavy atom. The molecule has 0 saturated carbocycles. The number of benzene rings is 3. The summed E-state index contributed by atoms with van der Waals surface area (Å²) in [5.41, 5.74) is 2.14. The Bertz CT molecular complexity index is 1410. The van der Waals surface area contributed by atoms with Crippen LogP contribution in [0.5, 0.6) is 0 Å². The Hall–Kier alpha value is -3.71. The molecule has 1 N–H and O–H groups in total. The van der Waals surface area contributed by atoms with Crippen LogP contribution in [0, 0.1) is 0 Å². The summed E-state index contributed by atoms with van der Waals surface area (Å²) in [6.45, 7) is 0. The highest BCUT2D eigenvalue weighted by Gasteiger charge is 2.15. The Labute approximate surface area is 167 Å². The fraction of sp³-hybridized carbons (Fsp3) is 0. The van der Waals surface area contributed by atoms with E-state index >= 15 is 0 Å². The van der Waals surface area contributed by atoms with Crippen molar-refractivity contribution in [3.05, 3.63) is 91.4 Å². The van der Waals surface area contributed by atoms with Crippen LogP contribution in [0.4, 0.5) is 5.69 Å². The van der Waals surface area contributed by atoms with E-state index in [9.17, 15) is 8.42 Å². The summed E-state index contributed by atoms with van der Waals surface area (Å²) < 4.78 is 30.0. The maximum Gasteiger partial charge on any atom is 0.261 e. The molecular formula is C22H16N4O2S. The van der Waals surface area contributed by atoms with Gasteiger partial charge < -0.3 is 0 Å². The quantitative estimate of drug-likeness (QED) is 0.487. The molecule has 0 aliphatic rings. The zero-order valence-electron chi connectivity index (χ0n) is 15.2. The minimum Gasteiger partial charge on any atom is -0.291 e. The van der Waals surface area contributed by atoms with Crippen LogP contribution in [0.25, 0.3) is 27.8 Å². The van der Waals surface area contributed by atoms with Crippen molar-refractivity contribution in [2.45, 2.75) is 4.90 Å². The molecule has 0 amide bonds. The Morgan fingerprint density at radius 3 is 2.45 bits per heavy atom. The minimum absolute atomic E-state index is 0.228. The number of hydrogen-bond donors (Lipinski definition) is 1. The van der Waals surface area contributed by atoms with Gasteiger partial charge in [-0.25, -0.2) is 18.4 Å². The van der Waals surface area contributed by atoms with E-state index < -0.39 is 10.0 Å². The molecule has 0 atom stereocenters. The van der Waals surface area contributed by atoms with E-state index in [0.717, 1.165) is 22.0 Å². The van der Waals surface area contributed by atoms with Crippen molar-refractivity contribution in [3.63, 3.8) is 0 Å². The van der Waals surface area contributed by atoms with Crippen LogP contribution in [0.2, 0.25) is 0 Å². The van der Waals surface area contributed by atoms with Gasteiger partial charge in [-0.2, -0.15) is 0 Å². The molecule has 0 spiro atoms. The number of fused-ring (bicyclic) bond motifs is 2. The third-order valence-electron chi connectivity index (χ3n) is 4.70. The van der Waals surface area contributed by atoms with E-state index in [4.69, 9.17) is 0 Å². The number of nitrogens with one attached hydrogen (secondary N) is 1. The molecule has 5 aromatic rings. The van der Waals surface area contributed by atoms with Crippen molar-refractivity contribution in [1.82, 2.24) is 14.4 Å². The lowest BCUT2D eigenvalue weighted by molar-refractivity contribution is 0.601. The summed E-state index contributed by atoms with van der Waals surface area (Å²) in [5, 5.41) is 1.88. The second kappa shape index (κ2) is 6.72. The third kappa shape index (κ3) is 3.32. The lowest BCUT2D eigenvalue weighted by atomic mass is 10.1. The molecule has 0 aliphatic carbocycles. The molecule has 142 valence electrons. The predicted octanol–water partition coefficient (Wildman–Crippen LogP) is 4.35. The van der Waals surface area contributed by atoms with Gasteiger partial charge in [0, 0.05) is 29.8 Å². The third-order valence-corrected chi connectivity index (χ3v) is 6.08. The average molecular weight is 400 g/mol. The van der Waals surface area contributed by atoms with Gasteiger partial charge in [0.2, 0.25) is 5.78 Å². The SMILES string of the molecule is O=S(=O)(Nc1ccc(-c2cn3cccnc3n2)cc1)c1ccc2ccccc2c1. The molecule has 2 aromatic heterocycles. The van der Waals surface area contributed by atoms with Crippen molar-refractivity contribution in [1.29, 1.82) is 0 Å². The Morgan fingerprint density at radius 1 is 0.862 bits per heavy atom. The fourth-order valence-electron chi connectivity index (χ4n) is 3.23. The van der Waals surface area contributed by atoms with Crippen LogP contribution in [-0.4, -0.2) is 22.8 Å². The molecule has 5 rings (SSSR count). The molecule has 0 unspecified atom stereocenters. The molecule has 6 nitrogen and oxygen atoms in total. The molecule has 0 aliphatic heterocycles. The molecule has 7 heteroatoms. The first kappa shape index (κ1) is 17.4. The van der Waals surface area contributed by atoms with Gasteiger partial charge in [0.15, 0.2) is 0 Å². The molecule has 3 aromatic carbocycles. The highest BCUT2D eigenvalue weighted by molar-refractivity contribution is 7.92. The Balaban J connectivity index is 1.42. The van der Waals surface area contributed by atoms with E-state index in [-0.39, 0.29) is 4.90 Å². The second-order valence-electron chi connectivity index (χ2n) is 6.64. The maximum absolute atomic E-state index is 12.8. The zero-order valence-corrected chi connectivity index (χ0v) is 16.0. The van der Waals surface area contributed by atoms with E-state index in [0.29, 0.717) is 11.5 Å². The summed E-state index contributed by atoms with van der Waals surface area (Å²) in [6, 6.07) is 21.7. The maximum atomic E-state index is 12.8. The minimum atomic E-state index is -3.68. The summed E-state index contributed by atoms with van der Waals surface area (Å²) in [4.78, 5) is 8.91. The lowest BCUT2D eigenvalue weighted by Gasteiger charge is -2.09. The molecule has 0 radical (unpaired) electrons. The number of sulfonamides is 1. The highest BCUT2D eigenvalue weighted by atomic mass is 32.2. The zero-order chi connectivity index (χ0) is 19.8. The van der Waals surface area contributed by atoms with Gasteiger partial charge in [0.05, 0.1) is 10.6 Å². The summed E-state index contributed by atoms with van der Waals surface area (Å²) in [6.07, 6.45) is 5.46. The summed E-state index contributed by atoms with van der Waals surface area (Å²) in [7, 11) is -3.68. The van der Waals surface area contributed by atoms with Crippen LogP contribution in [0.3, 0.4) is 0 Å². The van der Waals surface area contributed by atoms with E-state index in [1.807, 2.05) is 65.3 Å². The largest absolute Gasteiger partial charge is 0.291 e. The monoisotopic (exact) mass is 400 g/mol. The van der Waals surface area contributed by atoms with Gasteiger partial charge in [0.1, 0.15) is 0 Å². The first-order chi connectivity index (χ1) is 14.1. The molecule has 0 fully saturated rings. The average Bonchev–Trinajstić information content (AvgIpc) is 3.18. The van der Waals surface area contributed by atoms with Gasteiger partial charge in [-0.15, -0.1) is 0 Å². The normalized spacial score (nSPS) is 11.7. The molecule has 29 heavy (non-hydrogen) atoms. The van der Waals surface area contributed by atoms with Crippen LogP contribution >= 0.6 is 0 Å². The highest BCUT2D eigenvalue weighted by Crippen LogP contribution is 2.24. The van der Waals surface area contributed by atoms with E-state index in [1.165, 1.54) is 0 Å². The molecule has 0 saturated heterocycles. The number of aromatic nitrogens is 3. The number of nitrogens with zero attached hydrogens (tertiary/aromatic N) is 3. The van der Waals surface area contributed by atoms with Gasteiger partial charge in [0.25, 0.3) is 10.0 Å². The first-order valence-corrected chi connectivity index (χ1v) is 10.5. The van der Waals surface area contributed by atoms with Crippen LogP contribution in [-0.2, 0) is 10.0 Å². The number of anilines is 1. The Kier molecular flexibility index (Phi) is 4.03. The van der Waals surface area contributed by atoms with Crippen LogP contribution in [0.1, 0.15) is 0 Å². The van der Waals surface area contributed by atoms with E-state index in [1.54, 1.807) is 30.5 Å². The lowest BCUT2D eigenvalue weighted by Crippen LogP contribution is -2.12. The smallest absolute Gasteiger partial charge is 0.261 e. The number of hydrogen-bond acceptors (Lipinski definition) is 4. The topological polar surface area (TPSA) is 76.4 Å². The van der Waals surface area contributed by atoms with Gasteiger partial charge in [-0.05, 0) is 41.1 Å². The molecular weight excluding hydrogens is 384 g/mol. The van der Waals surface area contributed by atoms with Crippen LogP contribution in [0.15, 0.2) is 96.3 Å². The standard InChI is InChI=1S/C22H16N4O2S/c27-29(28,20-11-8-16-4-1-2-5-18(16)14-20)25-19-9-6-17(7-10-19)21-15-26-13-3-12-23-22(26)24-21/h1-15,25H. The first-order valence-electron chi connectivity index (χ1n) is 9.00. The predicted molar refractivity (Wildman–Crippen MR) is 113 cm³/mol. The summed E-state index contributed by atoms with van der Waals surface area (Å²) in [5.74, 6) is 0.614. The molecule has 0 bridgehead atoms. The number of imidazole rings is 1. The van der Waals surface area contributed by atoms with Crippen molar-refractivity contribution in [2.75, 3.05) is 4.72 Å². The van der Waals surface area contributed by atoms with E-state index in [2.05, 4.69) is 14.7 Å². The van der Waals surface area contributed by atoms with Crippen molar-refractivity contribution >= 4 is 32.3 Å². The number of rotatable bonds is 4. The molecule has 2 heterocycles.